The van der Waals surface area contributed by atoms with Crippen molar-refractivity contribution in [2.45, 2.75) is 97.3 Å². The van der Waals surface area contributed by atoms with Crippen molar-refractivity contribution >= 4 is 62.0 Å². The van der Waals surface area contributed by atoms with E-state index < -0.39 is 11.9 Å². The summed E-state index contributed by atoms with van der Waals surface area (Å²) in [6.07, 6.45) is 10.0. The number of carbonyl (C=O) groups excluding carboxylic acids is 5. The van der Waals surface area contributed by atoms with E-state index in [-0.39, 0.29) is 43.2 Å². The molecule has 0 spiro atoms. The van der Waals surface area contributed by atoms with Crippen LogP contribution in [0.5, 0.6) is 0 Å². The SMILES string of the molecule is Cc1c(-c2ccc(N3CCc4cccc(C(=O)Nc5nc6ccccc6s5)c4C3)nc2C(=O)NCCOCCOCCOCCCc2ccc3c(c2)CN(C2CCC(=O)NC2=O)C3=O)cnn1CC12CC(C)CC3CC(C1)C32. The van der Waals surface area contributed by atoms with Crippen LogP contribution in [-0.2, 0) is 56.3 Å². The van der Waals surface area contributed by atoms with Crippen LogP contribution in [0.3, 0.4) is 0 Å². The number of pyridine rings is 1. The van der Waals surface area contributed by atoms with Crippen LogP contribution in [0.4, 0.5) is 10.9 Å². The number of aromatic nitrogens is 4. The number of thiazole rings is 1. The number of piperidine rings is 1. The van der Waals surface area contributed by atoms with Crippen molar-refractivity contribution in [1.82, 2.24) is 35.3 Å². The van der Waals surface area contributed by atoms with Crippen molar-refractivity contribution in [1.29, 1.82) is 0 Å². The predicted octanol–water partition coefficient (Wildman–Crippen LogP) is 7.92. The fourth-order valence-corrected chi connectivity index (χ4v) is 14.7. The lowest BCUT2D eigenvalue weighted by Gasteiger charge is -2.70. The first-order valence-electron chi connectivity index (χ1n) is 27.8. The van der Waals surface area contributed by atoms with Gasteiger partial charge >= 0.3 is 0 Å². The van der Waals surface area contributed by atoms with Gasteiger partial charge in [-0.3, -0.25) is 39.3 Å². The molecule has 3 aliphatic carbocycles. The van der Waals surface area contributed by atoms with Gasteiger partial charge in [-0.15, -0.1) is 0 Å². The van der Waals surface area contributed by atoms with Crippen molar-refractivity contribution in [2.75, 3.05) is 62.9 Å². The number of carbonyl (C=O) groups is 5. The molecule has 3 aromatic carbocycles. The topological polar surface area (TPSA) is 199 Å². The molecule has 6 aromatic rings. The first kappa shape index (κ1) is 51.9. The smallest absolute Gasteiger partial charge is 0.270 e. The third-order valence-corrected chi connectivity index (χ3v) is 18.3. The average molecular weight is 1070 g/mol. The van der Waals surface area contributed by atoms with Gasteiger partial charge in [0.15, 0.2) is 5.13 Å². The predicted molar refractivity (Wildman–Crippen MR) is 295 cm³/mol. The molecule has 6 heterocycles. The molecule has 0 radical (unpaired) electrons. The summed E-state index contributed by atoms with van der Waals surface area (Å²) in [4.78, 5) is 78.8. The van der Waals surface area contributed by atoms with Gasteiger partial charge in [-0.1, -0.05) is 54.7 Å². The Morgan fingerprint density at radius 2 is 1.64 bits per heavy atom. The lowest BCUT2D eigenvalue weighted by atomic mass is 9.35. The van der Waals surface area contributed by atoms with Crippen LogP contribution in [0.1, 0.15) is 111 Å². The maximum absolute atomic E-state index is 14.4. The van der Waals surface area contributed by atoms with Crippen molar-refractivity contribution in [3.8, 4) is 11.1 Å². The first-order chi connectivity index (χ1) is 38.0. The van der Waals surface area contributed by atoms with Crippen LogP contribution in [0.25, 0.3) is 21.3 Å². The van der Waals surface area contributed by atoms with Gasteiger partial charge < -0.3 is 29.3 Å². The van der Waals surface area contributed by atoms with Gasteiger partial charge in [-0.25, -0.2) is 9.97 Å². The second-order valence-electron chi connectivity index (χ2n) is 22.4. The molecule has 6 unspecified atom stereocenters. The normalized spacial score (nSPS) is 23.1. The number of rotatable bonds is 21. The number of nitrogens with one attached hydrogen (secondary N) is 3. The number of para-hydroxylation sites is 1. The maximum atomic E-state index is 14.4. The van der Waals surface area contributed by atoms with E-state index in [1.165, 1.54) is 37.0 Å². The minimum atomic E-state index is -0.626. The zero-order valence-corrected chi connectivity index (χ0v) is 45.2. The highest BCUT2D eigenvalue weighted by Crippen LogP contribution is 2.71. The number of anilines is 2. The number of fused-ring (bicyclic) bond motifs is 3. The van der Waals surface area contributed by atoms with Crippen LogP contribution in [0, 0.1) is 36.0 Å². The molecule has 12 rings (SSSR count). The molecule has 78 heavy (non-hydrogen) atoms. The Morgan fingerprint density at radius 3 is 2.47 bits per heavy atom. The third-order valence-electron chi connectivity index (χ3n) is 17.4. The Morgan fingerprint density at radius 1 is 0.821 bits per heavy atom. The van der Waals surface area contributed by atoms with E-state index >= 15 is 0 Å². The molecule has 3 aliphatic heterocycles. The number of aryl methyl sites for hydroxylation is 1. The van der Waals surface area contributed by atoms with E-state index in [4.69, 9.17) is 24.3 Å². The molecule has 6 atom stereocenters. The molecule has 3 aromatic heterocycles. The summed E-state index contributed by atoms with van der Waals surface area (Å²) >= 11 is 1.45. The lowest BCUT2D eigenvalue weighted by Crippen LogP contribution is -2.64. The highest BCUT2D eigenvalue weighted by molar-refractivity contribution is 7.22. The van der Waals surface area contributed by atoms with Crippen LogP contribution in [-0.4, -0.2) is 113 Å². The summed E-state index contributed by atoms with van der Waals surface area (Å²) in [5.41, 5.74) is 9.37. The molecule has 5 amide bonds. The highest BCUT2D eigenvalue weighted by Gasteiger charge is 2.65. The molecule has 3 saturated carbocycles. The molecule has 1 saturated heterocycles. The van der Waals surface area contributed by atoms with Gasteiger partial charge in [0.25, 0.3) is 17.7 Å². The van der Waals surface area contributed by atoms with Gasteiger partial charge in [0.2, 0.25) is 11.8 Å². The number of hydrogen-bond donors (Lipinski definition) is 3. The Labute approximate surface area is 457 Å². The van der Waals surface area contributed by atoms with Crippen LogP contribution in [0.15, 0.2) is 79.0 Å². The van der Waals surface area contributed by atoms with E-state index in [1.807, 2.05) is 72.9 Å². The Hall–Kier alpha value is -6.86. The van der Waals surface area contributed by atoms with Crippen molar-refractivity contribution in [2.24, 2.45) is 29.1 Å². The van der Waals surface area contributed by atoms with Crippen molar-refractivity contribution in [3.63, 3.8) is 0 Å². The quantitative estimate of drug-likeness (QED) is 0.0466. The molecular weight excluding hydrogens is 1010 g/mol. The number of nitrogens with zero attached hydrogens (tertiary/aromatic N) is 6. The molecule has 4 fully saturated rings. The molecule has 406 valence electrons. The summed E-state index contributed by atoms with van der Waals surface area (Å²) in [6, 6.07) is 22.9. The summed E-state index contributed by atoms with van der Waals surface area (Å²) in [5.74, 6) is 2.53. The Kier molecular flexibility index (Phi) is 14.7. The largest absolute Gasteiger partial charge is 0.379 e. The van der Waals surface area contributed by atoms with Crippen molar-refractivity contribution in [3.05, 3.63) is 124 Å². The Balaban J connectivity index is 0.635. The van der Waals surface area contributed by atoms with Gasteiger partial charge in [-0.2, -0.15) is 5.10 Å². The van der Waals surface area contributed by atoms with Crippen LogP contribution >= 0.6 is 11.3 Å². The standard InChI is InChI=1S/C60H67N9O8S/c1-36-27-40-29-41-31-60(30-36,53(40)41)35-69-37(2)46(32-62-69)44-14-16-51(67-20-18-39-8-5-9-45(47(39)34-67)55(71)66-59-63-48-10-3-4-11-50(48)78-59)64-54(44)57(73)61-19-22-76-24-26-77-25-23-75-21-6-7-38-12-13-43-42(28-38)33-68(58(43)74)49-15-17-52(70)65-56(49)72/h3-5,8-14,16,28,32,36,40-41,49,53H,6-7,15,17-27,29-31,33-35H2,1-2H3,(H,61,73)(H,63,66,71)(H,65,70,72). The van der Waals surface area contributed by atoms with Gasteiger partial charge in [0.1, 0.15) is 17.6 Å². The second-order valence-corrected chi connectivity index (χ2v) is 23.4. The third kappa shape index (κ3) is 10.3. The molecule has 18 heteroatoms. The van der Waals surface area contributed by atoms with E-state index in [0.717, 1.165) is 92.3 Å². The van der Waals surface area contributed by atoms with E-state index in [2.05, 4.69) is 50.4 Å². The molecule has 0 bridgehead atoms. The summed E-state index contributed by atoms with van der Waals surface area (Å²) in [5, 5.41) is 14.0. The minimum absolute atomic E-state index is 0.172. The van der Waals surface area contributed by atoms with E-state index in [9.17, 15) is 24.0 Å². The molecule has 17 nitrogen and oxygen atoms in total. The molecule has 6 aliphatic rings. The van der Waals surface area contributed by atoms with Crippen LogP contribution in [0.2, 0.25) is 0 Å². The van der Waals surface area contributed by atoms with Crippen molar-refractivity contribution < 1.29 is 38.2 Å². The van der Waals surface area contributed by atoms with Gasteiger partial charge in [-0.05, 0) is 146 Å². The number of hydrogen-bond acceptors (Lipinski definition) is 13. The first-order valence-corrected chi connectivity index (χ1v) is 28.6. The minimum Gasteiger partial charge on any atom is -0.379 e. The zero-order valence-electron chi connectivity index (χ0n) is 44.4. The average Bonchev–Trinajstić information content (AvgIpc) is 4.23. The second kappa shape index (κ2) is 22.1. The van der Waals surface area contributed by atoms with Crippen LogP contribution < -0.4 is 20.9 Å². The monoisotopic (exact) mass is 1070 g/mol. The molecule has 3 N–H and O–H groups in total. The lowest BCUT2D eigenvalue weighted by molar-refractivity contribution is -0.214. The fourth-order valence-electron chi connectivity index (χ4n) is 13.9. The molecular formula is C60H67N9O8S. The number of ether oxygens (including phenoxy) is 3. The summed E-state index contributed by atoms with van der Waals surface area (Å²) in [7, 11) is 0. The maximum Gasteiger partial charge on any atom is 0.270 e. The number of benzene rings is 3. The van der Waals surface area contributed by atoms with E-state index in [0.29, 0.717) is 98.7 Å². The fraction of sp³-hybridized carbons (Fsp3) is 0.467. The Bertz CT molecular complexity index is 3270. The summed E-state index contributed by atoms with van der Waals surface area (Å²) in [6.45, 7) is 9.63. The summed E-state index contributed by atoms with van der Waals surface area (Å²) < 4.78 is 20.7. The van der Waals surface area contributed by atoms with E-state index in [1.54, 1.807) is 4.90 Å². The number of imide groups is 1. The number of amides is 5. The van der Waals surface area contributed by atoms with Gasteiger partial charge in [0, 0.05) is 73.7 Å². The van der Waals surface area contributed by atoms with Gasteiger partial charge in [0.05, 0.1) is 49.4 Å². The highest BCUT2D eigenvalue weighted by atomic mass is 32.1. The zero-order chi connectivity index (χ0) is 53.5.